The molecule has 0 aliphatic carbocycles. The minimum Gasteiger partial charge on any atom is -0.469 e. The van der Waals surface area contributed by atoms with E-state index in [0.717, 1.165) is 23.1 Å². The number of nitrogens with zero attached hydrogens (tertiary/aromatic N) is 1. The summed E-state index contributed by atoms with van der Waals surface area (Å²) < 4.78 is 4.64. The molecule has 84 valence electrons. The largest absolute Gasteiger partial charge is 0.469 e. The van der Waals surface area contributed by atoms with Gasteiger partial charge in [-0.25, -0.2) is 0 Å². The van der Waals surface area contributed by atoms with Crippen molar-refractivity contribution in [3.05, 3.63) is 34.4 Å². The molecule has 0 aliphatic heterocycles. The van der Waals surface area contributed by atoms with Crippen molar-refractivity contribution in [3.8, 4) is 6.07 Å². The maximum absolute atomic E-state index is 11.3. The number of ether oxygens (including phenoxy) is 1. The summed E-state index contributed by atoms with van der Waals surface area (Å²) in [5.41, 5.74) is 3.34. The molecule has 0 atom stereocenters. The predicted octanol–water partition coefficient (Wildman–Crippen LogP) is 2.14. The molecule has 0 saturated carbocycles. The zero-order valence-corrected chi connectivity index (χ0v) is 9.83. The Morgan fingerprint density at radius 2 is 2.19 bits per heavy atom. The zero-order chi connectivity index (χ0) is 12.1. The molecule has 3 nitrogen and oxygen atoms in total. The van der Waals surface area contributed by atoms with Gasteiger partial charge >= 0.3 is 5.97 Å². The van der Waals surface area contributed by atoms with Gasteiger partial charge in [-0.1, -0.05) is 19.1 Å². The van der Waals surface area contributed by atoms with E-state index in [-0.39, 0.29) is 12.4 Å². The van der Waals surface area contributed by atoms with Crippen molar-refractivity contribution < 1.29 is 9.53 Å². The lowest BCUT2D eigenvalue weighted by Crippen LogP contribution is -2.09. The fraction of sp³-hybridized carbons (Fsp3) is 0.385. The van der Waals surface area contributed by atoms with Gasteiger partial charge in [0.2, 0.25) is 0 Å². The second-order valence-corrected chi connectivity index (χ2v) is 3.61. The monoisotopic (exact) mass is 217 g/mol. The van der Waals surface area contributed by atoms with Crippen LogP contribution in [0, 0.1) is 18.3 Å². The Bertz CT molecular complexity index is 444. The van der Waals surface area contributed by atoms with Crippen molar-refractivity contribution in [1.82, 2.24) is 0 Å². The van der Waals surface area contributed by atoms with Gasteiger partial charge < -0.3 is 4.74 Å². The van der Waals surface area contributed by atoms with Crippen LogP contribution in [-0.2, 0) is 22.4 Å². The molecule has 0 amide bonds. The highest BCUT2D eigenvalue weighted by atomic mass is 16.5. The van der Waals surface area contributed by atoms with E-state index in [1.54, 1.807) is 0 Å². The molecule has 0 aliphatic rings. The van der Waals surface area contributed by atoms with Crippen molar-refractivity contribution in [2.24, 2.45) is 0 Å². The van der Waals surface area contributed by atoms with Crippen LogP contribution in [0.25, 0.3) is 0 Å². The molecule has 1 rings (SSSR count). The van der Waals surface area contributed by atoms with Crippen molar-refractivity contribution in [2.75, 3.05) is 7.11 Å². The van der Waals surface area contributed by atoms with Crippen molar-refractivity contribution >= 4 is 5.97 Å². The summed E-state index contributed by atoms with van der Waals surface area (Å²) in [4.78, 5) is 11.3. The van der Waals surface area contributed by atoms with E-state index < -0.39 is 0 Å². The standard InChI is InChI=1S/C13H15NO2/c1-4-10-6-5-9(2)12(8-14)11(10)7-13(15)16-3/h5-6H,4,7H2,1-3H3. The number of methoxy groups -OCH3 is 1. The van der Waals surface area contributed by atoms with Crippen LogP contribution in [0.3, 0.4) is 0 Å². The second kappa shape index (κ2) is 5.32. The highest BCUT2D eigenvalue weighted by Gasteiger charge is 2.13. The van der Waals surface area contributed by atoms with Crippen LogP contribution in [0.5, 0.6) is 0 Å². The molecule has 0 radical (unpaired) electrons. The summed E-state index contributed by atoms with van der Waals surface area (Å²) >= 11 is 0. The van der Waals surface area contributed by atoms with Crippen LogP contribution in [0.4, 0.5) is 0 Å². The molecule has 0 spiro atoms. The van der Waals surface area contributed by atoms with Crippen molar-refractivity contribution in [1.29, 1.82) is 5.26 Å². The van der Waals surface area contributed by atoms with Gasteiger partial charge in [-0.05, 0) is 30.0 Å². The molecular weight excluding hydrogens is 202 g/mol. The van der Waals surface area contributed by atoms with Gasteiger partial charge in [0.1, 0.15) is 0 Å². The van der Waals surface area contributed by atoms with E-state index in [9.17, 15) is 4.79 Å². The van der Waals surface area contributed by atoms with E-state index in [0.29, 0.717) is 5.56 Å². The molecule has 3 heteroatoms. The molecule has 0 heterocycles. The molecular formula is C13H15NO2. The lowest BCUT2D eigenvalue weighted by atomic mass is 9.94. The van der Waals surface area contributed by atoms with E-state index in [1.807, 2.05) is 26.0 Å². The van der Waals surface area contributed by atoms with Gasteiger partial charge in [-0.3, -0.25) is 4.79 Å². The maximum atomic E-state index is 11.3. The van der Waals surface area contributed by atoms with Crippen LogP contribution in [-0.4, -0.2) is 13.1 Å². The van der Waals surface area contributed by atoms with Gasteiger partial charge in [-0.15, -0.1) is 0 Å². The Labute approximate surface area is 95.7 Å². The van der Waals surface area contributed by atoms with Crippen LogP contribution >= 0.6 is 0 Å². The smallest absolute Gasteiger partial charge is 0.310 e. The molecule has 0 N–H and O–H groups in total. The maximum Gasteiger partial charge on any atom is 0.310 e. The van der Waals surface area contributed by atoms with E-state index in [1.165, 1.54) is 7.11 Å². The fourth-order valence-electron chi connectivity index (χ4n) is 1.71. The Morgan fingerprint density at radius 1 is 1.50 bits per heavy atom. The van der Waals surface area contributed by atoms with Crippen molar-refractivity contribution in [3.63, 3.8) is 0 Å². The first-order chi connectivity index (χ1) is 7.63. The van der Waals surface area contributed by atoms with Gasteiger partial charge in [0.15, 0.2) is 0 Å². The summed E-state index contributed by atoms with van der Waals surface area (Å²) in [7, 11) is 1.36. The molecule has 16 heavy (non-hydrogen) atoms. The lowest BCUT2D eigenvalue weighted by molar-refractivity contribution is -0.139. The number of aryl methyl sites for hydroxylation is 2. The number of carbonyl (C=O) groups is 1. The molecule has 0 bridgehead atoms. The van der Waals surface area contributed by atoms with E-state index >= 15 is 0 Å². The Balaban J connectivity index is 3.26. The minimum absolute atomic E-state index is 0.171. The average molecular weight is 217 g/mol. The van der Waals surface area contributed by atoms with Crippen molar-refractivity contribution in [2.45, 2.75) is 26.7 Å². The highest BCUT2D eigenvalue weighted by molar-refractivity contribution is 5.74. The van der Waals surface area contributed by atoms with Crippen LogP contribution < -0.4 is 0 Å². The lowest BCUT2D eigenvalue weighted by Gasteiger charge is -2.10. The molecule has 0 saturated heterocycles. The Kier molecular flexibility index (Phi) is 4.07. The molecule has 1 aromatic carbocycles. The number of esters is 1. The van der Waals surface area contributed by atoms with Crippen LogP contribution in [0.1, 0.15) is 29.2 Å². The molecule has 0 fully saturated rings. The normalized spacial score (nSPS) is 9.62. The summed E-state index contributed by atoms with van der Waals surface area (Å²) in [6.07, 6.45) is 0.978. The number of nitriles is 1. The molecule has 0 aromatic heterocycles. The first-order valence-corrected chi connectivity index (χ1v) is 5.22. The first-order valence-electron chi connectivity index (χ1n) is 5.22. The number of hydrogen-bond acceptors (Lipinski definition) is 3. The topological polar surface area (TPSA) is 50.1 Å². The quantitative estimate of drug-likeness (QED) is 0.729. The van der Waals surface area contributed by atoms with Gasteiger partial charge in [0.05, 0.1) is 25.2 Å². The number of carbonyl (C=O) groups excluding carboxylic acids is 1. The molecule has 0 unspecified atom stereocenters. The van der Waals surface area contributed by atoms with Crippen LogP contribution in [0.15, 0.2) is 12.1 Å². The zero-order valence-electron chi connectivity index (χ0n) is 9.83. The summed E-state index contributed by atoms with van der Waals surface area (Å²) in [5, 5.41) is 9.10. The van der Waals surface area contributed by atoms with Crippen LogP contribution in [0.2, 0.25) is 0 Å². The van der Waals surface area contributed by atoms with E-state index in [2.05, 4.69) is 10.8 Å². The summed E-state index contributed by atoms with van der Waals surface area (Å²) in [5.74, 6) is -0.309. The fourth-order valence-corrected chi connectivity index (χ4v) is 1.71. The van der Waals surface area contributed by atoms with Gasteiger partial charge in [-0.2, -0.15) is 5.26 Å². The number of hydrogen-bond donors (Lipinski definition) is 0. The predicted molar refractivity (Wildman–Crippen MR) is 61.0 cm³/mol. The molecule has 1 aromatic rings. The summed E-state index contributed by atoms with van der Waals surface area (Å²) in [6.45, 7) is 3.88. The highest BCUT2D eigenvalue weighted by Crippen LogP contribution is 2.20. The third-order valence-corrected chi connectivity index (χ3v) is 2.66. The third kappa shape index (κ3) is 2.40. The summed E-state index contributed by atoms with van der Waals surface area (Å²) in [6, 6.07) is 6.04. The van der Waals surface area contributed by atoms with E-state index in [4.69, 9.17) is 5.26 Å². The average Bonchev–Trinajstić information content (AvgIpc) is 2.29. The second-order valence-electron chi connectivity index (χ2n) is 3.61. The number of rotatable bonds is 3. The first kappa shape index (κ1) is 12.3. The number of benzene rings is 1. The Hall–Kier alpha value is -1.82. The Morgan fingerprint density at radius 3 is 2.69 bits per heavy atom. The van der Waals surface area contributed by atoms with Gasteiger partial charge in [0.25, 0.3) is 0 Å². The third-order valence-electron chi connectivity index (χ3n) is 2.66. The van der Waals surface area contributed by atoms with Gasteiger partial charge in [0, 0.05) is 0 Å². The minimum atomic E-state index is -0.309. The SMILES string of the molecule is CCc1ccc(C)c(C#N)c1CC(=O)OC.